The summed E-state index contributed by atoms with van der Waals surface area (Å²) >= 11 is 0. The fourth-order valence-electron chi connectivity index (χ4n) is 6.50. The normalized spacial score (nSPS) is 17.2. The van der Waals surface area contributed by atoms with Gasteiger partial charge in [-0.1, -0.05) is 12.1 Å². The van der Waals surface area contributed by atoms with E-state index >= 15 is 0 Å². The Labute approximate surface area is 261 Å². The number of hydrogen-bond donors (Lipinski definition) is 1. The summed E-state index contributed by atoms with van der Waals surface area (Å²) in [6, 6.07) is 18.2. The van der Waals surface area contributed by atoms with Gasteiger partial charge in [0.25, 0.3) is 0 Å². The van der Waals surface area contributed by atoms with E-state index in [2.05, 4.69) is 16.9 Å². The summed E-state index contributed by atoms with van der Waals surface area (Å²) in [5, 5.41) is 10.6. The molecule has 4 heterocycles. The zero-order valence-electron chi connectivity index (χ0n) is 25.7. The summed E-state index contributed by atoms with van der Waals surface area (Å²) in [6.07, 6.45) is 2.03. The van der Waals surface area contributed by atoms with Gasteiger partial charge in [-0.25, -0.2) is 0 Å². The number of Topliss-reactive ketones (excluding diaryl/α,β-unsaturated/α-hetero) is 1. The lowest BCUT2D eigenvalue weighted by Crippen LogP contribution is -2.34. The van der Waals surface area contributed by atoms with E-state index in [4.69, 9.17) is 23.7 Å². The van der Waals surface area contributed by atoms with Crippen molar-refractivity contribution in [3.8, 4) is 46.0 Å². The first-order valence-electron chi connectivity index (χ1n) is 14.9. The van der Waals surface area contributed by atoms with E-state index in [-0.39, 0.29) is 29.0 Å². The Bertz CT molecular complexity index is 1850. The largest absolute Gasteiger partial charge is 0.504 e. The summed E-state index contributed by atoms with van der Waals surface area (Å²) in [5.41, 5.74) is 5.31. The van der Waals surface area contributed by atoms with Crippen molar-refractivity contribution in [3.05, 3.63) is 94.0 Å². The molecular formula is C36H34N2O7. The molecule has 4 aromatic carbocycles. The molecule has 4 aliphatic rings. The smallest absolute Gasteiger partial charge is 0.211 e. The predicted molar refractivity (Wildman–Crippen MR) is 169 cm³/mol. The van der Waals surface area contributed by atoms with Gasteiger partial charge in [0.1, 0.15) is 11.5 Å². The van der Waals surface area contributed by atoms with Gasteiger partial charge in [-0.3, -0.25) is 14.7 Å². The molecule has 9 nitrogen and oxygen atoms in total. The number of phenols is 1. The second-order valence-electron chi connectivity index (χ2n) is 11.5. The van der Waals surface area contributed by atoms with Crippen LogP contribution in [0.1, 0.15) is 44.2 Å². The van der Waals surface area contributed by atoms with Crippen LogP contribution in [0.5, 0.6) is 46.0 Å². The Morgan fingerprint density at radius 2 is 1.64 bits per heavy atom. The zero-order valence-corrected chi connectivity index (χ0v) is 25.7. The predicted octanol–water partition coefficient (Wildman–Crippen LogP) is 6.32. The lowest BCUT2D eigenvalue weighted by atomic mass is 9.87. The highest BCUT2D eigenvalue weighted by Crippen LogP contribution is 2.51. The van der Waals surface area contributed by atoms with Gasteiger partial charge in [-0.05, 0) is 91.5 Å². The van der Waals surface area contributed by atoms with Gasteiger partial charge < -0.3 is 28.8 Å². The SMILES string of the molecule is COc1cc2c3cc1Oc1c(OC)c(OC)cc4c1[C@H](Cc1ccc(cc1)Oc1cc(ccc1O)C(=NCC2)C3=O)N(C)CC4. The van der Waals surface area contributed by atoms with Crippen LogP contribution >= 0.6 is 0 Å². The zero-order chi connectivity index (χ0) is 31.2. The first-order valence-corrected chi connectivity index (χ1v) is 14.9. The van der Waals surface area contributed by atoms with Crippen LogP contribution in [0.2, 0.25) is 0 Å². The Hall–Kier alpha value is -5.02. The first kappa shape index (κ1) is 28.7. The van der Waals surface area contributed by atoms with Crippen molar-refractivity contribution in [2.45, 2.75) is 25.3 Å². The van der Waals surface area contributed by atoms with Crippen LogP contribution in [-0.2, 0) is 19.3 Å². The maximum atomic E-state index is 14.2. The van der Waals surface area contributed by atoms with Gasteiger partial charge in [0.15, 0.2) is 34.5 Å². The van der Waals surface area contributed by atoms with Gasteiger partial charge in [-0.2, -0.15) is 0 Å². The van der Waals surface area contributed by atoms with E-state index in [1.54, 1.807) is 39.5 Å². The average molecular weight is 607 g/mol. The number of phenolic OH excluding ortho intramolecular Hbond substituents is 1. The van der Waals surface area contributed by atoms with Gasteiger partial charge in [0, 0.05) is 35.8 Å². The van der Waals surface area contributed by atoms with E-state index in [0.29, 0.717) is 65.0 Å². The first-order chi connectivity index (χ1) is 21.9. The van der Waals surface area contributed by atoms with Gasteiger partial charge in [0.05, 0.1) is 21.3 Å². The number of benzene rings is 4. The van der Waals surface area contributed by atoms with Crippen LogP contribution in [0, 0.1) is 0 Å². The topological polar surface area (TPSA) is 99.0 Å². The summed E-state index contributed by atoms with van der Waals surface area (Å²) < 4.78 is 30.5. The minimum atomic E-state index is -0.255. The van der Waals surface area contributed by atoms with E-state index in [9.17, 15) is 9.90 Å². The molecule has 4 aliphatic heterocycles. The highest BCUT2D eigenvalue weighted by Gasteiger charge is 2.34. The lowest BCUT2D eigenvalue weighted by Gasteiger charge is -2.37. The second-order valence-corrected chi connectivity index (χ2v) is 11.5. The third-order valence-corrected chi connectivity index (χ3v) is 8.87. The van der Waals surface area contributed by atoms with Gasteiger partial charge in [0.2, 0.25) is 11.5 Å². The molecule has 0 saturated heterocycles. The van der Waals surface area contributed by atoms with E-state index in [0.717, 1.165) is 35.2 Å². The average Bonchev–Trinajstić information content (AvgIpc) is 3.21. The molecular weight excluding hydrogens is 572 g/mol. The van der Waals surface area contributed by atoms with Crippen molar-refractivity contribution in [1.82, 2.24) is 4.90 Å². The maximum absolute atomic E-state index is 14.2. The van der Waals surface area contributed by atoms with Crippen molar-refractivity contribution in [2.24, 2.45) is 4.99 Å². The summed E-state index contributed by atoms with van der Waals surface area (Å²) in [7, 11) is 6.91. The molecule has 8 rings (SSSR count). The fraction of sp³-hybridized carbons (Fsp3) is 0.278. The molecule has 0 radical (unpaired) electrons. The van der Waals surface area contributed by atoms with Gasteiger partial charge in [-0.15, -0.1) is 0 Å². The van der Waals surface area contributed by atoms with Crippen molar-refractivity contribution in [1.29, 1.82) is 0 Å². The molecule has 0 amide bonds. The third-order valence-electron chi connectivity index (χ3n) is 8.87. The summed E-state index contributed by atoms with van der Waals surface area (Å²) in [4.78, 5) is 21.2. The minimum Gasteiger partial charge on any atom is -0.504 e. The molecule has 0 fully saturated rings. The molecule has 0 spiro atoms. The van der Waals surface area contributed by atoms with Crippen LogP contribution in [0.15, 0.2) is 65.7 Å². The second kappa shape index (κ2) is 11.5. The number of fused-ring (bicyclic) bond motifs is 2. The Morgan fingerprint density at radius 1 is 0.867 bits per heavy atom. The van der Waals surface area contributed by atoms with Crippen molar-refractivity contribution in [2.75, 3.05) is 41.5 Å². The van der Waals surface area contributed by atoms with Crippen LogP contribution in [0.25, 0.3) is 0 Å². The standard InChI is InChI=1S/C36H34N2O7/c1-38-14-12-22-17-31(42-3)35(43-4)36-32(22)26(38)15-20-5-8-24(9-6-20)44-28-18-23(7-10-27(28)39)33-34(40)25-19-30(45-36)29(41-2)16-21(25)11-13-37-33/h5-10,16-19,26,39H,11-15H2,1-4H3/t26-/m0/s1. The van der Waals surface area contributed by atoms with Crippen LogP contribution in [0.3, 0.4) is 0 Å². The molecule has 0 unspecified atom stereocenters. The number of nitrogens with zero attached hydrogens (tertiary/aromatic N) is 2. The number of aliphatic imine (C=N–C) groups is 1. The number of ketones is 1. The number of rotatable bonds is 3. The molecule has 0 aromatic heterocycles. The molecule has 1 atom stereocenters. The molecule has 0 aliphatic carbocycles. The number of carbonyl (C=O) groups is 1. The Morgan fingerprint density at radius 3 is 2.40 bits per heavy atom. The molecule has 45 heavy (non-hydrogen) atoms. The Kier molecular flexibility index (Phi) is 7.33. The van der Waals surface area contributed by atoms with E-state index < -0.39 is 0 Å². The van der Waals surface area contributed by atoms with E-state index in [1.807, 2.05) is 36.4 Å². The number of carbonyl (C=O) groups excluding carboxylic acids is 1. The van der Waals surface area contributed by atoms with Crippen LogP contribution in [-0.4, -0.2) is 63.0 Å². The number of methoxy groups -OCH3 is 3. The highest BCUT2D eigenvalue weighted by atomic mass is 16.5. The number of likely N-dealkylation sites (N-methyl/N-ethyl adjacent to an activating group) is 1. The minimum absolute atomic E-state index is 0.0305. The van der Waals surface area contributed by atoms with Crippen LogP contribution < -0.4 is 23.7 Å². The number of aromatic hydroxyl groups is 1. The fourth-order valence-corrected chi connectivity index (χ4v) is 6.50. The van der Waals surface area contributed by atoms with Gasteiger partial charge >= 0.3 is 0 Å². The quantitative estimate of drug-likeness (QED) is 0.290. The summed E-state index contributed by atoms with van der Waals surface area (Å²) in [6.45, 7) is 1.25. The molecule has 7 bridgehead atoms. The monoisotopic (exact) mass is 606 g/mol. The lowest BCUT2D eigenvalue weighted by molar-refractivity contribution is 0.106. The number of ether oxygens (including phenoxy) is 5. The maximum Gasteiger partial charge on any atom is 0.211 e. The van der Waals surface area contributed by atoms with Crippen LogP contribution in [0.4, 0.5) is 0 Å². The third kappa shape index (κ3) is 5.03. The molecule has 230 valence electrons. The summed E-state index contributed by atoms with van der Waals surface area (Å²) in [5.74, 6) is 2.97. The molecule has 4 aromatic rings. The van der Waals surface area contributed by atoms with Crippen molar-refractivity contribution >= 4 is 11.5 Å². The van der Waals surface area contributed by atoms with Crippen molar-refractivity contribution in [3.63, 3.8) is 0 Å². The molecule has 0 saturated carbocycles. The highest BCUT2D eigenvalue weighted by molar-refractivity contribution is 6.52. The van der Waals surface area contributed by atoms with E-state index in [1.165, 1.54) is 6.07 Å². The molecule has 9 heteroatoms. The molecule has 1 N–H and O–H groups in total. The number of hydrogen-bond acceptors (Lipinski definition) is 9. The van der Waals surface area contributed by atoms with Crippen molar-refractivity contribution < 1.29 is 33.6 Å². The Balaban J connectivity index is 1.49.